The predicted octanol–water partition coefficient (Wildman–Crippen LogP) is 6.18. The summed E-state index contributed by atoms with van der Waals surface area (Å²) >= 11 is 6.09. The first-order chi connectivity index (χ1) is 19.4. The molecule has 2 amide bonds. The van der Waals surface area contributed by atoms with Crippen LogP contribution in [0.15, 0.2) is 71.6 Å². The van der Waals surface area contributed by atoms with Gasteiger partial charge in [0.1, 0.15) is 12.6 Å². The number of hydrogen-bond acceptors (Lipinski definition) is 4. The third kappa shape index (κ3) is 8.11. The third-order valence-electron chi connectivity index (χ3n) is 7.16. The second kappa shape index (κ2) is 14.0. The second-order valence-electron chi connectivity index (χ2n) is 10.5. The van der Waals surface area contributed by atoms with E-state index in [1.165, 1.54) is 4.90 Å². The lowest BCUT2D eigenvalue weighted by atomic mass is 10.1. The molecule has 220 valence electrons. The van der Waals surface area contributed by atoms with E-state index in [1.807, 2.05) is 53.7 Å². The fourth-order valence-electron chi connectivity index (χ4n) is 4.58. The Morgan fingerprint density at radius 1 is 0.878 bits per heavy atom. The van der Waals surface area contributed by atoms with E-state index in [1.54, 1.807) is 54.6 Å². The molecule has 3 aromatic carbocycles. The van der Waals surface area contributed by atoms with E-state index in [4.69, 9.17) is 11.6 Å². The van der Waals surface area contributed by atoms with Gasteiger partial charge in [0.05, 0.1) is 10.6 Å². The van der Waals surface area contributed by atoms with E-state index in [0.717, 1.165) is 33.0 Å². The molecule has 2 atom stereocenters. The molecule has 3 rings (SSSR count). The van der Waals surface area contributed by atoms with Gasteiger partial charge in [0.25, 0.3) is 10.0 Å². The van der Waals surface area contributed by atoms with Gasteiger partial charge in [-0.3, -0.25) is 13.9 Å². The molecule has 0 saturated heterocycles. The number of nitrogens with one attached hydrogen (secondary N) is 1. The Kier molecular flexibility index (Phi) is 11.0. The summed E-state index contributed by atoms with van der Waals surface area (Å²) in [6.45, 7) is 11.0. The van der Waals surface area contributed by atoms with Crippen LogP contribution in [-0.2, 0) is 26.2 Å². The highest BCUT2D eigenvalue weighted by Crippen LogP contribution is 2.28. The van der Waals surface area contributed by atoms with Crippen LogP contribution in [0.4, 0.5) is 5.69 Å². The molecule has 0 spiro atoms. The van der Waals surface area contributed by atoms with Crippen molar-refractivity contribution in [1.82, 2.24) is 10.2 Å². The van der Waals surface area contributed by atoms with Crippen LogP contribution in [0.5, 0.6) is 0 Å². The van der Waals surface area contributed by atoms with E-state index in [0.29, 0.717) is 17.1 Å². The number of anilines is 1. The topological polar surface area (TPSA) is 86.8 Å². The molecule has 0 saturated carbocycles. The molecule has 1 N–H and O–H groups in total. The zero-order valence-corrected chi connectivity index (χ0v) is 26.2. The van der Waals surface area contributed by atoms with Crippen LogP contribution in [-0.4, -0.2) is 43.8 Å². The Balaban J connectivity index is 2.09. The molecule has 0 bridgehead atoms. The maximum atomic E-state index is 14.2. The van der Waals surface area contributed by atoms with Gasteiger partial charge in [-0.05, 0) is 82.0 Å². The quantitative estimate of drug-likeness (QED) is 0.270. The highest BCUT2D eigenvalue weighted by atomic mass is 35.5. The van der Waals surface area contributed by atoms with Crippen LogP contribution in [0.25, 0.3) is 0 Å². The summed E-state index contributed by atoms with van der Waals surface area (Å²) in [5, 5.41) is 3.54. The van der Waals surface area contributed by atoms with Crippen LogP contribution in [0.3, 0.4) is 0 Å². The summed E-state index contributed by atoms with van der Waals surface area (Å²) in [7, 11) is -4.12. The predicted molar refractivity (Wildman–Crippen MR) is 166 cm³/mol. The molecule has 0 aliphatic carbocycles. The highest BCUT2D eigenvalue weighted by molar-refractivity contribution is 7.92. The third-order valence-corrected chi connectivity index (χ3v) is 9.19. The van der Waals surface area contributed by atoms with E-state index >= 15 is 0 Å². The first-order valence-electron chi connectivity index (χ1n) is 13.9. The first kappa shape index (κ1) is 32.2. The molecule has 0 aliphatic heterocycles. The number of hydrogen-bond donors (Lipinski definition) is 1. The van der Waals surface area contributed by atoms with Crippen molar-refractivity contribution in [2.75, 3.05) is 10.8 Å². The first-order valence-corrected chi connectivity index (χ1v) is 15.7. The minimum atomic E-state index is -4.12. The molecule has 9 heteroatoms. The number of nitrogens with zero attached hydrogens (tertiary/aromatic N) is 2. The van der Waals surface area contributed by atoms with Crippen molar-refractivity contribution in [3.8, 4) is 0 Å². The summed E-state index contributed by atoms with van der Waals surface area (Å²) in [4.78, 5) is 29.1. The van der Waals surface area contributed by atoms with Crippen LogP contribution in [0.2, 0.25) is 5.02 Å². The van der Waals surface area contributed by atoms with E-state index in [9.17, 15) is 18.0 Å². The van der Waals surface area contributed by atoms with Crippen LogP contribution >= 0.6 is 11.6 Å². The maximum absolute atomic E-state index is 14.2. The second-order valence-corrected chi connectivity index (χ2v) is 12.8. The number of halogens is 1. The lowest BCUT2D eigenvalue weighted by Crippen LogP contribution is -2.53. The molecule has 3 aromatic rings. The van der Waals surface area contributed by atoms with Gasteiger partial charge in [0, 0.05) is 17.6 Å². The molecule has 0 unspecified atom stereocenters. The molecule has 0 aliphatic rings. The van der Waals surface area contributed by atoms with Crippen molar-refractivity contribution in [1.29, 1.82) is 0 Å². The van der Waals surface area contributed by atoms with Crippen LogP contribution < -0.4 is 9.62 Å². The van der Waals surface area contributed by atoms with Crippen molar-refractivity contribution in [2.45, 2.75) is 77.9 Å². The standard InChI is InChI=1S/C32H40ClN3O4S/c1-7-25(6)34-32(38)29(8-2)35(20-26-12-14-27(33)15-13-26)31(37)21-36(30-18-11-23(4)19-24(30)5)41(39,40)28-16-9-22(3)10-17-28/h9-19,25,29H,7-8,20-21H2,1-6H3,(H,34,38)/t25-,29-/m1/s1. The number of carbonyl (C=O) groups is 2. The van der Waals surface area contributed by atoms with Gasteiger partial charge >= 0.3 is 0 Å². The molecule has 0 radical (unpaired) electrons. The normalized spacial score (nSPS) is 12.9. The number of amides is 2. The summed E-state index contributed by atoms with van der Waals surface area (Å²) in [5.41, 5.74) is 3.80. The Bertz CT molecular complexity index is 1460. The van der Waals surface area contributed by atoms with E-state index in [-0.39, 0.29) is 23.4 Å². The van der Waals surface area contributed by atoms with E-state index in [2.05, 4.69) is 5.32 Å². The van der Waals surface area contributed by atoms with Gasteiger partial charge in [0.15, 0.2) is 0 Å². The number of sulfonamides is 1. The smallest absolute Gasteiger partial charge is 0.264 e. The fourth-order valence-corrected chi connectivity index (χ4v) is 6.19. The summed E-state index contributed by atoms with van der Waals surface area (Å²) in [6.07, 6.45) is 1.10. The fraction of sp³-hybridized carbons (Fsp3) is 0.375. The Hall–Kier alpha value is -3.36. The number of carbonyl (C=O) groups excluding carboxylic acids is 2. The highest BCUT2D eigenvalue weighted by Gasteiger charge is 2.34. The minimum absolute atomic E-state index is 0.0716. The molecule has 0 aromatic heterocycles. The number of rotatable bonds is 12. The monoisotopic (exact) mass is 597 g/mol. The summed E-state index contributed by atoms with van der Waals surface area (Å²) < 4.78 is 29.3. The molecule has 0 fully saturated rings. The van der Waals surface area contributed by atoms with Crippen LogP contribution in [0.1, 0.15) is 55.9 Å². The lowest BCUT2D eigenvalue weighted by molar-refractivity contribution is -0.140. The largest absolute Gasteiger partial charge is 0.352 e. The zero-order chi connectivity index (χ0) is 30.3. The van der Waals surface area contributed by atoms with Gasteiger partial charge in [0.2, 0.25) is 11.8 Å². The molecular weight excluding hydrogens is 558 g/mol. The molecule has 7 nitrogen and oxygen atoms in total. The Morgan fingerprint density at radius 3 is 2.05 bits per heavy atom. The lowest BCUT2D eigenvalue weighted by Gasteiger charge is -2.34. The zero-order valence-electron chi connectivity index (χ0n) is 24.6. The van der Waals surface area contributed by atoms with Gasteiger partial charge < -0.3 is 10.2 Å². The van der Waals surface area contributed by atoms with Crippen molar-refractivity contribution < 1.29 is 18.0 Å². The number of benzene rings is 3. The maximum Gasteiger partial charge on any atom is 0.264 e. The molecule has 41 heavy (non-hydrogen) atoms. The SMILES string of the molecule is CC[C@@H](C)NC(=O)[C@@H](CC)N(Cc1ccc(Cl)cc1)C(=O)CN(c1ccc(C)cc1C)S(=O)(=O)c1ccc(C)cc1. The molecular formula is C32H40ClN3O4S. The van der Waals surface area contributed by atoms with Crippen molar-refractivity contribution in [3.63, 3.8) is 0 Å². The number of aryl methyl sites for hydroxylation is 3. The van der Waals surface area contributed by atoms with Gasteiger partial charge in [-0.25, -0.2) is 8.42 Å². The van der Waals surface area contributed by atoms with Gasteiger partial charge in [-0.15, -0.1) is 0 Å². The van der Waals surface area contributed by atoms with Crippen molar-refractivity contribution in [2.24, 2.45) is 0 Å². The summed E-state index contributed by atoms with van der Waals surface area (Å²) in [6, 6.07) is 18.2. The van der Waals surface area contributed by atoms with Gasteiger partial charge in [-0.1, -0.05) is 73.0 Å². The molecule has 0 heterocycles. The van der Waals surface area contributed by atoms with Crippen molar-refractivity contribution >= 4 is 39.1 Å². The average molecular weight is 598 g/mol. The van der Waals surface area contributed by atoms with Gasteiger partial charge in [-0.2, -0.15) is 0 Å². The Morgan fingerprint density at radius 2 is 1.49 bits per heavy atom. The van der Waals surface area contributed by atoms with Crippen LogP contribution in [0, 0.1) is 20.8 Å². The average Bonchev–Trinajstić information content (AvgIpc) is 2.93. The summed E-state index contributed by atoms with van der Waals surface area (Å²) in [5.74, 6) is -0.759. The van der Waals surface area contributed by atoms with E-state index < -0.39 is 28.5 Å². The van der Waals surface area contributed by atoms with Crippen molar-refractivity contribution in [3.05, 3.63) is 94.0 Å². The Labute approximate surface area is 249 Å². The minimum Gasteiger partial charge on any atom is -0.352 e.